The van der Waals surface area contributed by atoms with Gasteiger partial charge in [-0.2, -0.15) is 18.2 Å². The number of amides is 4. The van der Waals surface area contributed by atoms with Gasteiger partial charge in [0.05, 0.1) is 17.4 Å². The van der Waals surface area contributed by atoms with E-state index >= 15 is 0 Å². The Hall–Kier alpha value is -5.46. The highest BCUT2D eigenvalue weighted by atomic mass is 32.2. The van der Waals surface area contributed by atoms with Gasteiger partial charge in [-0.15, -0.1) is 0 Å². The first kappa shape index (κ1) is 43.2. The van der Waals surface area contributed by atoms with Crippen molar-refractivity contribution in [1.82, 2.24) is 30.2 Å². The maximum Gasteiger partial charge on any atom is 0.416 e. The molecule has 2 aromatic heterocycles. The standard InChI is InChI=1S/C43H49F3N6O9S/c1-41(2,3)61-40(56)47-30-13-8-6-4-5-7-11-26-22-42(26,39(55)51-62(57,58)28-19-20-28)50-36(53)31-21-27(23-52(31)38(30)54)59-37-34-33(29-12-9-10-14-32(29)60-34)48-35(49-37)24-15-17-25(18-16-24)43(44,45)46/h9-10,12,14-18,26-28,30-31H,4-8,11,13,19-23H2,1-3H3,(H,47,56)(H,50,53)(H,51,55)/t26-,27-,30+,31+,42-/m1/s1. The third-order valence-electron chi connectivity index (χ3n) is 11.9. The Balaban J connectivity index is 1.14. The summed E-state index contributed by atoms with van der Waals surface area (Å²) in [5, 5.41) is 5.49. The molecule has 2 saturated carbocycles. The molecular formula is C43H49F3N6O9S. The summed E-state index contributed by atoms with van der Waals surface area (Å²) < 4.78 is 86.7. The van der Waals surface area contributed by atoms with Crippen LogP contribution in [0.2, 0.25) is 0 Å². The zero-order chi connectivity index (χ0) is 44.2. The van der Waals surface area contributed by atoms with Gasteiger partial charge in [-0.05, 0) is 83.1 Å². The number of alkyl halides is 3. The molecule has 4 aromatic rings. The topological polar surface area (TPSA) is 199 Å². The van der Waals surface area contributed by atoms with Gasteiger partial charge in [0.25, 0.3) is 11.8 Å². The second kappa shape index (κ2) is 16.3. The molecule has 2 aliphatic heterocycles. The predicted molar refractivity (Wildman–Crippen MR) is 219 cm³/mol. The van der Waals surface area contributed by atoms with Crippen LogP contribution >= 0.6 is 0 Å². The number of alkyl carbamates (subject to hydrolysis) is 1. The van der Waals surface area contributed by atoms with Crippen molar-refractivity contribution in [2.75, 3.05) is 6.54 Å². The molecule has 0 radical (unpaired) electrons. The molecule has 332 valence electrons. The Bertz CT molecular complexity index is 2500. The van der Waals surface area contributed by atoms with Crippen molar-refractivity contribution in [3.05, 3.63) is 54.1 Å². The normalized spacial score (nSPS) is 25.2. The molecule has 0 bridgehead atoms. The van der Waals surface area contributed by atoms with E-state index in [4.69, 9.17) is 13.9 Å². The lowest BCUT2D eigenvalue weighted by Gasteiger charge is -2.30. The first-order valence-corrected chi connectivity index (χ1v) is 22.6. The molecule has 0 unspecified atom stereocenters. The summed E-state index contributed by atoms with van der Waals surface area (Å²) in [6.45, 7) is 4.88. The largest absolute Gasteiger partial charge is 0.470 e. The maximum atomic E-state index is 14.7. The highest BCUT2D eigenvalue weighted by Crippen LogP contribution is 2.48. The van der Waals surface area contributed by atoms with Crippen LogP contribution in [-0.4, -0.2) is 88.2 Å². The molecule has 0 spiro atoms. The average molecular weight is 883 g/mol. The average Bonchev–Trinajstić information content (AvgIpc) is 4.10. The maximum absolute atomic E-state index is 14.7. The molecule has 62 heavy (non-hydrogen) atoms. The van der Waals surface area contributed by atoms with Crippen molar-refractivity contribution < 1.29 is 54.7 Å². The third kappa shape index (κ3) is 9.17. The Morgan fingerprint density at radius 3 is 2.32 bits per heavy atom. The van der Waals surface area contributed by atoms with Crippen LogP contribution in [0, 0.1) is 5.92 Å². The molecule has 4 fully saturated rings. The first-order valence-electron chi connectivity index (χ1n) is 21.0. The summed E-state index contributed by atoms with van der Waals surface area (Å²) in [5.74, 6) is -2.51. The zero-order valence-corrected chi connectivity index (χ0v) is 35.4. The van der Waals surface area contributed by atoms with Gasteiger partial charge in [-0.25, -0.2) is 18.2 Å². The number of benzene rings is 2. The van der Waals surface area contributed by atoms with Crippen molar-refractivity contribution in [3.8, 4) is 17.3 Å². The Morgan fingerprint density at radius 2 is 1.63 bits per heavy atom. The number of aromatic nitrogens is 2. The van der Waals surface area contributed by atoms with Gasteiger partial charge in [0.2, 0.25) is 27.4 Å². The van der Waals surface area contributed by atoms with Crippen LogP contribution in [0.4, 0.5) is 18.0 Å². The molecule has 4 heterocycles. The quantitative estimate of drug-likeness (QED) is 0.182. The Labute approximate surface area is 355 Å². The van der Waals surface area contributed by atoms with E-state index in [0.29, 0.717) is 42.2 Å². The summed E-state index contributed by atoms with van der Waals surface area (Å²) in [7, 11) is -3.95. The minimum absolute atomic E-state index is 0.0324. The number of para-hydroxylation sites is 1. The molecule has 2 saturated heterocycles. The number of fused-ring (bicyclic) bond motifs is 5. The highest BCUT2D eigenvalue weighted by molar-refractivity contribution is 7.91. The molecule has 4 aliphatic rings. The summed E-state index contributed by atoms with van der Waals surface area (Å²) in [6, 6.07) is 8.96. The number of carbonyl (C=O) groups excluding carboxylic acids is 4. The molecular weight excluding hydrogens is 834 g/mol. The SMILES string of the molecule is CC(C)(C)OC(=O)N[C@H]1CCCCCCC[C@@H]2C[C@@]2(C(=O)NS(=O)(=O)C2CC2)NC(=O)[C@@H]2C[C@@H](Oc3nc(-c4ccc(C(F)(F)F)cc4)nc4c3oc3ccccc34)CN2C1=O. The second-order valence-electron chi connectivity index (χ2n) is 17.8. The van der Waals surface area contributed by atoms with Crippen LogP contribution in [0.3, 0.4) is 0 Å². The number of nitrogens with one attached hydrogen (secondary N) is 3. The number of rotatable bonds is 7. The van der Waals surface area contributed by atoms with Crippen LogP contribution in [0.5, 0.6) is 5.88 Å². The fraction of sp³-hybridized carbons (Fsp3) is 0.535. The Kier molecular flexibility index (Phi) is 11.4. The number of nitrogens with zero attached hydrogens (tertiary/aromatic N) is 3. The first-order chi connectivity index (χ1) is 29.3. The number of furan rings is 1. The summed E-state index contributed by atoms with van der Waals surface area (Å²) >= 11 is 0. The fourth-order valence-corrected chi connectivity index (χ4v) is 9.81. The number of carbonyl (C=O) groups is 4. The third-order valence-corrected chi connectivity index (χ3v) is 13.7. The van der Waals surface area contributed by atoms with Crippen LogP contribution in [0.25, 0.3) is 33.5 Å². The predicted octanol–water partition coefficient (Wildman–Crippen LogP) is 6.53. The number of sulfonamides is 1. The lowest BCUT2D eigenvalue weighted by Crippen LogP contribution is -2.58. The molecule has 3 N–H and O–H groups in total. The van der Waals surface area contributed by atoms with E-state index in [1.54, 1.807) is 45.0 Å². The zero-order valence-electron chi connectivity index (χ0n) is 34.5. The molecule has 15 nitrogen and oxygen atoms in total. The number of ether oxygens (including phenoxy) is 2. The summed E-state index contributed by atoms with van der Waals surface area (Å²) in [4.78, 5) is 66.8. The van der Waals surface area contributed by atoms with E-state index in [1.807, 2.05) is 0 Å². The summed E-state index contributed by atoms with van der Waals surface area (Å²) in [6.07, 6.45) is -0.889. The van der Waals surface area contributed by atoms with Crippen molar-refractivity contribution in [2.45, 2.75) is 132 Å². The van der Waals surface area contributed by atoms with Crippen LogP contribution in [-0.2, 0) is 35.3 Å². The molecule has 2 aliphatic carbocycles. The van der Waals surface area contributed by atoms with Crippen molar-refractivity contribution in [1.29, 1.82) is 0 Å². The molecule has 5 atom stereocenters. The van der Waals surface area contributed by atoms with E-state index in [1.165, 1.54) is 17.0 Å². The van der Waals surface area contributed by atoms with Gasteiger partial charge >= 0.3 is 12.3 Å². The second-order valence-corrected chi connectivity index (χ2v) is 19.7. The van der Waals surface area contributed by atoms with E-state index in [2.05, 4.69) is 25.3 Å². The van der Waals surface area contributed by atoms with E-state index < -0.39 is 80.2 Å². The van der Waals surface area contributed by atoms with E-state index in [0.717, 1.165) is 37.8 Å². The number of hydrogen-bond acceptors (Lipinski definition) is 11. The highest BCUT2D eigenvalue weighted by Gasteiger charge is 2.62. The number of hydrogen-bond donors (Lipinski definition) is 3. The van der Waals surface area contributed by atoms with Crippen molar-refractivity contribution >= 4 is 55.9 Å². The molecule has 8 rings (SSSR count). The van der Waals surface area contributed by atoms with Crippen molar-refractivity contribution in [3.63, 3.8) is 0 Å². The van der Waals surface area contributed by atoms with Gasteiger partial charge in [0, 0.05) is 17.4 Å². The van der Waals surface area contributed by atoms with Crippen molar-refractivity contribution in [2.24, 2.45) is 5.92 Å². The minimum Gasteiger partial charge on any atom is -0.470 e. The van der Waals surface area contributed by atoms with Crippen LogP contribution in [0.1, 0.15) is 97.0 Å². The lowest BCUT2D eigenvalue weighted by molar-refractivity contribution is -0.141. The van der Waals surface area contributed by atoms with Gasteiger partial charge < -0.3 is 29.4 Å². The number of halogens is 3. The minimum atomic E-state index is -4.57. The van der Waals surface area contributed by atoms with Gasteiger partial charge in [-0.1, -0.05) is 56.4 Å². The Morgan fingerprint density at radius 1 is 0.935 bits per heavy atom. The van der Waals surface area contributed by atoms with Gasteiger partial charge in [0.15, 0.2) is 5.82 Å². The van der Waals surface area contributed by atoms with Gasteiger partial charge in [0.1, 0.15) is 40.4 Å². The molecule has 2 aromatic carbocycles. The summed E-state index contributed by atoms with van der Waals surface area (Å²) in [5.41, 5.74) is -2.12. The van der Waals surface area contributed by atoms with Gasteiger partial charge in [-0.3, -0.25) is 19.1 Å². The molecule has 4 amide bonds. The lowest BCUT2D eigenvalue weighted by atomic mass is 10.0. The van der Waals surface area contributed by atoms with Crippen LogP contribution < -0.4 is 20.1 Å². The van der Waals surface area contributed by atoms with E-state index in [9.17, 15) is 40.8 Å². The monoisotopic (exact) mass is 882 g/mol. The van der Waals surface area contributed by atoms with Crippen LogP contribution in [0.15, 0.2) is 52.9 Å². The smallest absolute Gasteiger partial charge is 0.416 e. The van der Waals surface area contributed by atoms with E-state index in [-0.39, 0.29) is 54.6 Å². The fourth-order valence-electron chi connectivity index (χ4n) is 8.44. The molecule has 19 heteroatoms.